The van der Waals surface area contributed by atoms with E-state index in [9.17, 15) is 9.59 Å². The van der Waals surface area contributed by atoms with E-state index in [2.05, 4.69) is 13.8 Å². The molecule has 3 N–H and O–H groups in total. The minimum absolute atomic E-state index is 0.238. The lowest BCUT2D eigenvalue weighted by Crippen LogP contribution is -2.52. The van der Waals surface area contributed by atoms with Crippen LogP contribution < -0.4 is 5.73 Å². The SMILES string of the molecule is CC(C)CCCC1CC(=O)N1CCCCC(N)C(=O)O. The summed E-state index contributed by atoms with van der Waals surface area (Å²) in [5.74, 6) is 0.00963. The topological polar surface area (TPSA) is 83.6 Å². The van der Waals surface area contributed by atoms with E-state index in [1.165, 1.54) is 12.8 Å². The second-order valence-corrected chi connectivity index (χ2v) is 6.21. The number of amides is 1. The van der Waals surface area contributed by atoms with Gasteiger partial charge in [0.05, 0.1) is 0 Å². The van der Waals surface area contributed by atoms with Crippen LogP contribution in [-0.4, -0.2) is 40.5 Å². The Morgan fingerprint density at radius 3 is 2.60 bits per heavy atom. The van der Waals surface area contributed by atoms with Crippen molar-refractivity contribution in [2.45, 2.75) is 70.9 Å². The molecule has 0 saturated carbocycles. The molecule has 1 aliphatic rings. The van der Waals surface area contributed by atoms with E-state index < -0.39 is 12.0 Å². The van der Waals surface area contributed by atoms with Crippen LogP contribution in [0.2, 0.25) is 0 Å². The highest BCUT2D eigenvalue weighted by atomic mass is 16.4. The first-order chi connectivity index (χ1) is 9.41. The van der Waals surface area contributed by atoms with Gasteiger partial charge in [0.2, 0.25) is 5.91 Å². The van der Waals surface area contributed by atoms with Crippen LogP contribution in [0.5, 0.6) is 0 Å². The summed E-state index contributed by atoms with van der Waals surface area (Å²) in [5, 5.41) is 8.68. The number of nitrogens with two attached hydrogens (primary N) is 1. The first-order valence-corrected chi connectivity index (χ1v) is 7.69. The average Bonchev–Trinajstić information content (AvgIpc) is 2.36. The van der Waals surface area contributed by atoms with Crippen molar-refractivity contribution in [3.8, 4) is 0 Å². The highest BCUT2D eigenvalue weighted by molar-refractivity contribution is 5.83. The zero-order chi connectivity index (χ0) is 15.1. The molecule has 5 nitrogen and oxygen atoms in total. The Kier molecular flexibility index (Phi) is 6.99. The normalized spacial score (nSPS) is 20.1. The van der Waals surface area contributed by atoms with Gasteiger partial charge in [0, 0.05) is 19.0 Å². The number of hydrogen-bond donors (Lipinski definition) is 2. The molecule has 0 aromatic carbocycles. The summed E-state index contributed by atoms with van der Waals surface area (Å²) < 4.78 is 0. The van der Waals surface area contributed by atoms with Gasteiger partial charge in [0.15, 0.2) is 0 Å². The van der Waals surface area contributed by atoms with Gasteiger partial charge in [-0.05, 0) is 31.6 Å². The summed E-state index contributed by atoms with van der Waals surface area (Å²) in [7, 11) is 0. The molecule has 0 spiro atoms. The number of aliphatic carboxylic acids is 1. The molecule has 2 atom stereocenters. The summed E-state index contributed by atoms with van der Waals surface area (Å²) in [6.07, 6.45) is 6.26. The van der Waals surface area contributed by atoms with Gasteiger partial charge in [0.1, 0.15) is 6.04 Å². The number of hydrogen-bond acceptors (Lipinski definition) is 3. The third-order valence-electron chi connectivity index (χ3n) is 3.97. The van der Waals surface area contributed by atoms with Gasteiger partial charge in [-0.1, -0.05) is 26.7 Å². The molecule has 0 aliphatic carbocycles. The summed E-state index contributed by atoms with van der Waals surface area (Å²) in [6, 6.07) is -0.363. The number of carboxylic acids is 1. The lowest BCUT2D eigenvalue weighted by Gasteiger charge is -2.41. The van der Waals surface area contributed by atoms with E-state index in [-0.39, 0.29) is 5.91 Å². The van der Waals surface area contributed by atoms with Crippen LogP contribution in [-0.2, 0) is 9.59 Å². The molecule has 0 radical (unpaired) electrons. The van der Waals surface area contributed by atoms with Crippen LogP contribution in [0.3, 0.4) is 0 Å². The van der Waals surface area contributed by atoms with Crippen molar-refractivity contribution >= 4 is 11.9 Å². The third-order valence-corrected chi connectivity index (χ3v) is 3.97. The summed E-state index contributed by atoms with van der Waals surface area (Å²) in [6.45, 7) is 5.18. The van der Waals surface area contributed by atoms with Crippen molar-refractivity contribution in [1.29, 1.82) is 0 Å². The Hall–Kier alpha value is -1.10. The Labute approximate surface area is 121 Å². The van der Waals surface area contributed by atoms with Crippen LogP contribution in [0.25, 0.3) is 0 Å². The van der Waals surface area contributed by atoms with Gasteiger partial charge in [-0.2, -0.15) is 0 Å². The second-order valence-electron chi connectivity index (χ2n) is 6.21. The molecular formula is C15H28N2O3. The Morgan fingerprint density at radius 1 is 1.35 bits per heavy atom. The Bertz CT molecular complexity index is 331. The summed E-state index contributed by atoms with van der Waals surface area (Å²) in [4.78, 5) is 24.1. The fraction of sp³-hybridized carbons (Fsp3) is 0.867. The van der Waals surface area contributed by atoms with E-state index in [1.807, 2.05) is 4.90 Å². The lowest BCUT2D eigenvalue weighted by molar-refractivity contribution is -0.146. The highest BCUT2D eigenvalue weighted by Gasteiger charge is 2.34. The van der Waals surface area contributed by atoms with Crippen molar-refractivity contribution in [3.63, 3.8) is 0 Å². The maximum Gasteiger partial charge on any atom is 0.320 e. The largest absolute Gasteiger partial charge is 0.480 e. The third kappa shape index (κ3) is 5.49. The van der Waals surface area contributed by atoms with Crippen LogP contribution in [0.4, 0.5) is 0 Å². The zero-order valence-electron chi connectivity index (χ0n) is 12.7. The van der Waals surface area contributed by atoms with Gasteiger partial charge < -0.3 is 15.7 Å². The molecule has 1 rings (SSSR count). The van der Waals surface area contributed by atoms with E-state index in [0.717, 1.165) is 31.7 Å². The molecule has 1 aliphatic heterocycles. The highest BCUT2D eigenvalue weighted by Crippen LogP contribution is 2.25. The number of β-lactam (4-membered cyclic amide) rings is 1. The second kappa shape index (κ2) is 8.25. The molecule has 116 valence electrons. The van der Waals surface area contributed by atoms with E-state index in [0.29, 0.717) is 18.9 Å². The minimum atomic E-state index is -0.948. The average molecular weight is 284 g/mol. The maximum absolute atomic E-state index is 11.6. The molecule has 1 amide bonds. The monoisotopic (exact) mass is 284 g/mol. The maximum atomic E-state index is 11.6. The van der Waals surface area contributed by atoms with Crippen molar-refractivity contribution in [1.82, 2.24) is 4.90 Å². The van der Waals surface area contributed by atoms with Crippen molar-refractivity contribution in [2.24, 2.45) is 11.7 Å². The number of carbonyl (C=O) groups is 2. The van der Waals surface area contributed by atoms with Crippen LogP contribution in [0.1, 0.15) is 58.8 Å². The lowest BCUT2D eigenvalue weighted by atomic mass is 9.93. The van der Waals surface area contributed by atoms with Crippen molar-refractivity contribution < 1.29 is 14.7 Å². The van der Waals surface area contributed by atoms with Gasteiger partial charge in [-0.3, -0.25) is 9.59 Å². The fourth-order valence-electron chi connectivity index (χ4n) is 2.62. The predicted octanol–water partition coefficient (Wildman–Crippen LogP) is 2.00. The molecule has 5 heteroatoms. The standard InChI is InChI=1S/C15H28N2O3/c1-11(2)6-5-7-12-10-14(18)17(12)9-4-3-8-13(16)15(19)20/h11-13H,3-10,16H2,1-2H3,(H,19,20). The quantitative estimate of drug-likeness (QED) is 0.475. The smallest absolute Gasteiger partial charge is 0.320 e. The Balaban J connectivity index is 2.14. The summed E-state index contributed by atoms with van der Waals surface area (Å²) >= 11 is 0. The van der Waals surface area contributed by atoms with Crippen LogP contribution in [0.15, 0.2) is 0 Å². The zero-order valence-corrected chi connectivity index (χ0v) is 12.7. The van der Waals surface area contributed by atoms with Gasteiger partial charge in [-0.25, -0.2) is 0 Å². The van der Waals surface area contributed by atoms with Crippen LogP contribution in [0, 0.1) is 5.92 Å². The molecule has 0 aromatic rings. The first kappa shape index (κ1) is 17.0. The number of likely N-dealkylation sites (tertiary alicyclic amines) is 1. The van der Waals surface area contributed by atoms with Crippen molar-refractivity contribution in [2.75, 3.05) is 6.54 Å². The molecular weight excluding hydrogens is 256 g/mol. The van der Waals surface area contributed by atoms with E-state index >= 15 is 0 Å². The number of nitrogens with zero attached hydrogens (tertiary/aromatic N) is 1. The van der Waals surface area contributed by atoms with Crippen molar-refractivity contribution in [3.05, 3.63) is 0 Å². The Morgan fingerprint density at radius 2 is 2.05 bits per heavy atom. The number of carboxylic acid groups (broad SMARTS) is 1. The number of rotatable bonds is 10. The predicted molar refractivity (Wildman–Crippen MR) is 78.3 cm³/mol. The van der Waals surface area contributed by atoms with Crippen LogP contribution >= 0.6 is 0 Å². The van der Waals surface area contributed by atoms with Gasteiger partial charge in [-0.15, -0.1) is 0 Å². The molecule has 0 aromatic heterocycles. The molecule has 1 heterocycles. The number of unbranched alkanes of at least 4 members (excludes halogenated alkanes) is 1. The molecule has 1 fully saturated rings. The molecule has 2 unspecified atom stereocenters. The van der Waals surface area contributed by atoms with Gasteiger partial charge in [0.25, 0.3) is 0 Å². The first-order valence-electron chi connectivity index (χ1n) is 7.69. The molecule has 0 bridgehead atoms. The number of carbonyl (C=O) groups excluding carboxylic acids is 1. The van der Waals surface area contributed by atoms with Gasteiger partial charge >= 0.3 is 5.97 Å². The minimum Gasteiger partial charge on any atom is -0.480 e. The van der Waals surface area contributed by atoms with E-state index in [4.69, 9.17) is 10.8 Å². The molecule has 1 saturated heterocycles. The molecule has 20 heavy (non-hydrogen) atoms. The fourth-order valence-corrected chi connectivity index (χ4v) is 2.62. The van der Waals surface area contributed by atoms with E-state index in [1.54, 1.807) is 0 Å². The summed E-state index contributed by atoms with van der Waals surface area (Å²) in [5.41, 5.74) is 5.45.